The number of benzene rings is 1. The lowest BCUT2D eigenvalue weighted by Gasteiger charge is -2.10. The van der Waals surface area contributed by atoms with Crippen LogP contribution < -0.4 is 5.32 Å². The van der Waals surface area contributed by atoms with Gasteiger partial charge in [0.25, 0.3) is 0 Å². The molecule has 0 atom stereocenters. The van der Waals surface area contributed by atoms with Crippen LogP contribution in [0.15, 0.2) is 48.8 Å². The molecule has 0 amide bonds. The average Bonchev–Trinajstić information content (AvgIpc) is 3.20. The second-order valence-electron chi connectivity index (χ2n) is 5.58. The molecule has 6 nitrogen and oxygen atoms in total. The van der Waals surface area contributed by atoms with E-state index in [1.54, 1.807) is 6.20 Å². The molecule has 4 rings (SSSR count). The second-order valence-corrected chi connectivity index (χ2v) is 5.58. The van der Waals surface area contributed by atoms with Gasteiger partial charge in [-0.2, -0.15) is 10.2 Å². The van der Waals surface area contributed by atoms with Gasteiger partial charge >= 0.3 is 0 Å². The van der Waals surface area contributed by atoms with Crippen LogP contribution in [0.25, 0.3) is 16.6 Å². The van der Waals surface area contributed by atoms with Crippen molar-refractivity contribution in [2.24, 2.45) is 0 Å². The molecule has 1 aromatic carbocycles. The summed E-state index contributed by atoms with van der Waals surface area (Å²) >= 11 is 0. The summed E-state index contributed by atoms with van der Waals surface area (Å²) < 4.78 is 3.84. The van der Waals surface area contributed by atoms with Crippen LogP contribution in [0.3, 0.4) is 0 Å². The minimum Gasteiger partial charge on any atom is -0.369 e. The number of nitrogens with one attached hydrogen (secondary N) is 1. The maximum atomic E-state index is 4.73. The molecule has 0 fully saturated rings. The Labute approximate surface area is 133 Å². The Hall–Kier alpha value is -2.89. The van der Waals surface area contributed by atoms with Crippen molar-refractivity contribution in [2.45, 2.75) is 19.9 Å². The molecular weight excluding hydrogens is 288 g/mol. The van der Waals surface area contributed by atoms with Gasteiger partial charge in [0.15, 0.2) is 5.65 Å². The number of aryl methyl sites for hydroxylation is 2. The third-order valence-electron chi connectivity index (χ3n) is 3.84. The Balaban J connectivity index is 1.60. The van der Waals surface area contributed by atoms with Crippen molar-refractivity contribution in [2.75, 3.05) is 11.9 Å². The standard InChI is InChI=1S/C17H18N6/c1-13-12-16-20-17(18-8-4-10-22-11-5-9-19-22)14-6-2-3-7-15(14)23(16)21-13/h2-3,5-7,9,11-12H,4,8,10H2,1H3,(H,18,20). The lowest BCUT2D eigenvalue weighted by molar-refractivity contribution is 0.591. The van der Waals surface area contributed by atoms with E-state index >= 15 is 0 Å². The molecule has 0 aliphatic heterocycles. The molecule has 1 N–H and O–H groups in total. The van der Waals surface area contributed by atoms with Crippen LogP contribution in [0.4, 0.5) is 5.82 Å². The summed E-state index contributed by atoms with van der Waals surface area (Å²) in [4.78, 5) is 4.73. The minimum atomic E-state index is 0.847. The smallest absolute Gasteiger partial charge is 0.158 e. The Morgan fingerprint density at radius 3 is 2.96 bits per heavy atom. The van der Waals surface area contributed by atoms with Gasteiger partial charge in [-0.15, -0.1) is 0 Å². The molecule has 3 heterocycles. The third-order valence-corrected chi connectivity index (χ3v) is 3.84. The minimum absolute atomic E-state index is 0.847. The number of anilines is 1. The van der Waals surface area contributed by atoms with Crippen LogP contribution >= 0.6 is 0 Å². The van der Waals surface area contributed by atoms with Crippen LogP contribution in [-0.2, 0) is 6.54 Å². The highest BCUT2D eigenvalue weighted by Crippen LogP contribution is 2.23. The Morgan fingerprint density at radius 2 is 2.09 bits per heavy atom. The highest BCUT2D eigenvalue weighted by Gasteiger charge is 2.09. The van der Waals surface area contributed by atoms with Gasteiger partial charge < -0.3 is 5.32 Å². The zero-order valence-electron chi connectivity index (χ0n) is 13.0. The predicted octanol–water partition coefficient (Wildman–Crippen LogP) is 2.89. The highest BCUT2D eigenvalue weighted by atomic mass is 15.3. The lowest BCUT2D eigenvalue weighted by atomic mass is 10.2. The van der Waals surface area contributed by atoms with E-state index in [-0.39, 0.29) is 0 Å². The fourth-order valence-corrected chi connectivity index (χ4v) is 2.79. The molecule has 0 saturated heterocycles. The molecule has 116 valence electrons. The highest BCUT2D eigenvalue weighted by molar-refractivity contribution is 5.91. The van der Waals surface area contributed by atoms with E-state index in [0.29, 0.717) is 0 Å². The summed E-state index contributed by atoms with van der Waals surface area (Å²) in [6.07, 6.45) is 4.77. The van der Waals surface area contributed by atoms with Crippen molar-refractivity contribution in [1.29, 1.82) is 0 Å². The van der Waals surface area contributed by atoms with Crippen molar-refractivity contribution < 1.29 is 0 Å². The van der Waals surface area contributed by atoms with E-state index in [4.69, 9.17) is 4.98 Å². The molecule has 0 radical (unpaired) electrons. The monoisotopic (exact) mass is 306 g/mol. The molecule has 0 unspecified atom stereocenters. The normalized spacial score (nSPS) is 11.3. The van der Waals surface area contributed by atoms with E-state index in [9.17, 15) is 0 Å². The second kappa shape index (κ2) is 5.72. The first-order valence-corrected chi connectivity index (χ1v) is 7.78. The molecular formula is C17H18N6. The Kier molecular flexibility index (Phi) is 3.42. The van der Waals surface area contributed by atoms with Crippen molar-refractivity contribution in [1.82, 2.24) is 24.4 Å². The van der Waals surface area contributed by atoms with Crippen LogP contribution in [0.2, 0.25) is 0 Å². The fourth-order valence-electron chi connectivity index (χ4n) is 2.79. The summed E-state index contributed by atoms with van der Waals surface area (Å²) in [6, 6.07) is 12.2. The summed E-state index contributed by atoms with van der Waals surface area (Å²) in [5.41, 5.74) is 2.91. The van der Waals surface area contributed by atoms with Crippen LogP contribution in [0.5, 0.6) is 0 Å². The summed E-state index contributed by atoms with van der Waals surface area (Å²) in [7, 11) is 0. The zero-order valence-corrected chi connectivity index (χ0v) is 13.0. The summed E-state index contributed by atoms with van der Waals surface area (Å²) in [5, 5.41) is 13.3. The number of nitrogens with zero attached hydrogens (tertiary/aromatic N) is 5. The first kappa shape index (κ1) is 13.8. The number of hydrogen-bond acceptors (Lipinski definition) is 4. The molecule has 0 saturated carbocycles. The van der Waals surface area contributed by atoms with Gasteiger partial charge in [-0.1, -0.05) is 12.1 Å². The van der Waals surface area contributed by atoms with Crippen LogP contribution in [0.1, 0.15) is 12.1 Å². The van der Waals surface area contributed by atoms with E-state index in [0.717, 1.165) is 47.6 Å². The fraction of sp³-hybridized carbons (Fsp3) is 0.235. The van der Waals surface area contributed by atoms with Gasteiger partial charge in [-0.25, -0.2) is 9.50 Å². The van der Waals surface area contributed by atoms with Gasteiger partial charge in [-0.05, 0) is 31.5 Å². The maximum Gasteiger partial charge on any atom is 0.158 e. The van der Waals surface area contributed by atoms with Crippen molar-refractivity contribution in [3.05, 3.63) is 54.5 Å². The van der Waals surface area contributed by atoms with Gasteiger partial charge in [-0.3, -0.25) is 4.68 Å². The van der Waals surface area contributed by atoms with Crippen LogP contribution in [0, 0.1) is 6.92 Å². The van der Waals surface area contributed by atoms with Crippen LogP contribution in [-0.4, -0.2) is 30.9 Å². The number of aromatic nitrogens is 5. The average molecular weight is 306 g/mol. The Bertz CT molecular complexity index is 938. The SMILES string of the molecule is Cc1cc2nc(NCCCn3cccn3)c3ccccc3n2n1. The van der Waals surface area contributed by atoms with E-state index < -0.39 is 0 Å². The van der Waals surface area contributed by atoms with E-state index in [1.165, 1.54) is 0 Å². The summed E-state index contributed by atoms with van der Waals surface area (Å²) in [6.45, 7) is 3.73. The quantitative estimate of drug-likeness (QED) is 0.576. The van der Waals surface area contributed by atoms with Crippen molar-refractivity contribution >= 4 is 22.4 Å². The number of para-hydroxylation sites is 1. The molecule has 6 heteroatoms. The largest absolute Gasteiger partial charge is 0.369 e. The number of rotatable bonds is 5. The van der Waals surface area contributed by atoms with Gasteiger partial charge in [0.05, 0.1) is 11.2 Å². The van der Waals surface area contributed by atoms with E-state index in [2.05, 4.69) is 27.6 Å². The van der Waals surface area contributed by atoms with Crippen molar-refractivity contribution in [3.8, 4) is 0 Å². The molecule has 23 heavy (non-hydrogen) atoms. The molecule has 0 bridgehead atoms. The first-order valence-electron chi connectivity index (χ1n) is 7.78. The van der Waals surface area contributed by atoms with Crippen molar-refractivity contribution in [3.63, 3.8) is 0 Å². The van der Waals surface area contributed by atoms with E-state index in [1.807, 2.05) is 46.6 Å². The number of fused-ring (bicyclic) bond motifs is 3. The molecule has 0 aliphatic carbocycles. The third kappa shape index (κ3) is 2.63. The molecule has 4 aromatic rings. The summed E-state index contributed by atoms with van der Waals surface area (Å²) in [5.74, 6) is 0.911. The topological polar surface area (TPSA) is 60.0 Å². The molecule has 3 aromatic heterocycles. The zero-order chi connectivity index (χ0) is 15.6. The maximum absolute atomic E-state index is 4.73. The first-order chi connectivity index (χ1) is 11.3. The van der Waals surface area contributed by atoms with Gasteiger partial charge in [0, 0.05) is 36.9 Å². The van der Waals surface area contributed by atoms with Gasteiger partial charge in [0.2, 0.25) is 0 Å². The lowest BCUT2D eigenvalue weighted by Crippen LogP contribution is -2.09. The predicted molar refractivity (Wildman–Crippen MR) is 90.6 cm³/mol. The molecule has 0 aliphatic rings. The molecule has 0 spiro atoms. The Morgan fingerprint density at radius 1 is 1.17 bits per heavy atom. The van der Waals surface area contributed by atoms with Gasteiger partial charge in [0.1, 0.15) is 5.82 Å². The number of hydrogen-bond donors (Lipinski definition) is 1.